The Bertz CT molecular complexity index is 403. The van der Waals surface area contributed by atoms with Crippen molar-refractivity contribution in [3.8, 4) is 0 Å². The average Bonchev–Trinajstić information content (AvgIpc) is 2.93. The van der Waals surface area contributed by atoms with Crippen LogP contribution in [0.5, 0.6) is 0 Å². The monoisotopic (exact) mass is 309 g/mol. The molecule has 18 heavy (non-hydrogen) atoms. The van der Waals surface area contributed by atoms with E-state index in [2.05, 4.69) is 45.1 Å². The van der Waals surface area contributed by atoms with Crippen molar-refractivity contribution in [2.45, 2.75) is 37.8 Å². The van der Waals surface area contributed by atoms with Crippen LogP contribution in [0.4, 0.5) is 0 Å². The Kier molecular flexibility index (Phi) is 4.02. The normalized spacial score (nSPS) is 26.6. The number of morpholine rings is 1. The van der Waals surface area contributed by atoms with Gasteiger partial charge in [-0.3, -0.25) is 4.90 Å². The van der Waals surface area contributed by atoms with Crippen molar-refractivity contribution in [1.29, 1.82) is 0 Å². The molecule has 1 heterocycles. The van der Waals surface area contributed by atoms with Gasteiger partial charge in [0.1, 0.15) is 0 Å². The third kappa shape index (κ3) is 2.79. The molecule has 0 N–H and O–H groups in total. The summed E-state index contributed by atoms with van der Waals surface area (Å²) in [6.45, 7) is 3.03. The Hall–Kier alpha value is -0.380. The zero-order valence-corrected chi connectivity index (χ0v) is 12.2. The maximum Gasteiger partial charge on any atom is 0.0952 e. The van der Waals surface area contributed by atoms with Crippen LogP contribution in [0.25, 0.3) is 0 Å². The Balaban J connectivity index is 1.69. The van der Waals surface area contributed by atoms with Crippen molar-refractivity contribution in [1.82, 2.24) is 4.90 Å². The van der Waals surface area contributed by atoms with Crippen molar-refractivity contribution in [3.63, 3.8) is 0 Å². The highest BCUT2D eigenvalue weighted by Gasteiger charge is 2.28. The Labute approximate surface area is 117 Å². The van der Waals surface area contributed by atoms with Gasteiger partial charge in [-0.25, -0.2) is 0 Å². The summed E-state index contributed by atoms with van der Waals surface area (Å²) in [4.78, 5) is 2.64. The van der Waals surface area contributed by atoms with E-state index in [0.717, 1.165) is 30.2 Å². The van der Waals surface area contributed by atoms with Gasteiger partial charge in [0.25, 0.3) is 0 Å². The number of nitrogens with zero attached hydrogens (tertiary/aromatic N) is 1. The topological polar surface area (TPSA) is 12.5 Å². The molecule has 1 aliphatic heterocycles. The molecule has 1 aromatic rings. The summed E-state index contributed by atoms with van der Waals surface area (Å²) >= 11 is 3.54. The first-order chi connectivity index (χ1) is 8.83. The zero-order valence-electron chi connectivity index (χ0n) is 10.6. The molecule has 2 nitrogen and oxygen atoms in total. The minimum absolute atomic E-state index is 0.247. The molecule has 0 radical (unpaired) electrons. The molecule has 0 bridgehead atoms. The lowest BCUT2D eigenvalue weighted by Gasteiger charge is -2.37. The van der Waals surface area contributed by atoms with Crippen molar-refractivity contribution in [3.05, 3.63) is 34.3 Å². The fourth-order valence-electron chi connectivity index (χ4n) is 3.18. The summed E-state index contributed by atoms with van der Waals surface area (Å²) in [5, 5.41) is 0. The van der Waals surface area contributed by atoms with Gasteiger partial charge in [0.2, 0.25) is 0 Å². The molecule has 0 amide bonds. The van der Waals surface area contributed by atoms with E-state index in [9.17, 15) is 0 Å². The molecule has 3 rings (SSSR count). The average molecular weight is 310 g/mol. The van der Waals surface area contributed by atoms with Crippen LogP contribution >= 0.6 is 15.9 Å². The molecule has 2 fully saturated rings. The van der Waals surface area contributed by atoms with Crippen LogP contribution in [0.3, 0.4) is 0 Å². The first-order valence-electron chi connectivity index (χ1n) is 6.94. The molecule has 1 saturated carbocycles. The van der Waals surface area contributed by atoms with Gasteiger partial charge in [0.15, 0.2) is 0 Å². The molecule has 2 aliphatic rings. The molecular weight excluding hydrogens is 290 g/mol. The van der Waals surface area contributed by atoms with Crippen molar-refractivity contribution < 1.29 is 4.74 Å². The fraction of sp³-hybridized carbons (Fsp3) is 0.600. The summed E-state index contributed by atoms with van der Waals surface area (Å²) in [6.07, 6.45) is 5.82. The number of hydrogen-bond donors (Lipinski definition) is 0. The van der Waals surface area contributed by atoms with Gasteiger partial charge in [-0.15, -0.1) is 0 Å². The lowest BCUT2D eigenvalue weighted by atomic mass is 10.1. The zero-order chi connectivity index (χ0) is 12.4. The summed E-state index contributed by atoms with van der Waals surface area (Å²) < 4.78 is 7.09. The number of rotatable bonds is 2. The lowest BCUT2D eigenvalue weighted by molar-refractivity contribution is -0.0440. The minimum atomic E-state index is 0.247. The van der Waals surface area contributed by atoms with E-state index in [1.807, 2.05) is 0 Å². The van der Waals surface area contributed by atoms with Crippen molar-refractivity contribution in [2.24, 2.45) is 0 Å². The van der Waals surface area contributed by atoms with Crippen LogP contribution in [0.15, 0.2) is 28.7 Å². The quantitative estimate of drug-likeness (QED) is 0.824. The lowest BCUT2D eigenvalue weighted by Crippen LogP contribution is -2.43. The molecule has 98 valence electrons. The second-order valence-corrected chi connectivity index (χ2v) is 6.26. The SMILES string of the molecule is Brc1cccc(C2CN(C3CCCC3)CCO2)c1. The van der Waals surface area contributed by atoms with E-state index < -0.39 is 0 Å². The van der Waals surface area contributed by atoms with Crippen LogP contribution in [-0.2, 0) is 4.74 Å². The predicted molar refractivity (Wildman–Crippen MR) is 76.7 cm³/mol. The highest BCUT2D eigenvalue weighted by Crippen LogP contribution is 2.30. The molecule has 0 spiro atoms. The van der Waals surface area contributed by atoms with Crippen LogP contribution < -0.4 is 0 Å². The van der Waals surface area contributed by atoms with Gasteiger partial charge in [-0.2, -0.15) is 0 Å². The Morgan fingerprint density at radius 1 is 1.22 bits per heavy atom. The molecular formula is C15H20BrNO. The minimum Gasteiger partial charge on any atom is -0.371 e. The molecule has 1 unspecified atom stereocenters. The summed E-state index contributed by atoms with van der Waals surface area (Å²) in [7, 11) is 0. The molecule has 3 heteroatoms. The summed E-state index contributed by atoms with van der Waals surface area (Å²) in [5.41, 5.74) is 1.30. The second-order valence-electron chi connectivity index (χ2n) is 5.35. The van der Waals surface area contributed by atoms with E-state index in [-0.39, 0.29) is 6.10 Å². The summed E-state index contributed by atoms with van der Waals surface area (Å²) in [5.74, 6) is 0. The Morgan fingerprint density at radius 2 is 2.06 bits per heavy atom. The largest absolute Gasteiger partial charge is 0.371 e. The van der Waals surface area contributed by atoms with Crippen molar-refractivity contribution >= 4 is 15.9 Å². The van der Waals surface area contributed by atoms with Gasteiger partial charge in [0.05, 0.1) is 12.7 Å². The number of hydrogen-bond acceptors (Lipinski definition) is 2. The first-order valence-corrected chi connectivity index (χ1v) is 7.73. The van der Waals surface area contributed by atoms with Crippen LogP contribution in [0.1, 0.15) is 37.4 Å². The van der Waals surface area contributed by atoms with Gasteiger partial charge >= 0.3 is 0 Å². The fourth-order valence-corrected chi connectivity index (χ4v) is 3.60. The number of ether oxygens (including phenoxy) is 1. The van der Waals surface area contributed by atoms with Gasteiger partial charge in [-0.1, -0.05) is 40.9 Å². The van der Waals surface area contributed by atoms with Crippen LogP contribution in [0.2, 0.25) is 0 Å². The van der Waals surface area contributed by atoms with Gasteiger partial charge in [-0.05, 0) is 30.5 Å². The van der Waals surface area contributed by atoms with E-state index in [4.69, 9.17) is 4.74 Å². The number of benzene rings is 1. The maximum absolute atomic E-state index is 5.95. The van der Waals surface area contributed by atoms with E-state index in [1.54, 1.807) is 0 Å². The Morgan fingerprint density at radius 3 is 2.83 bits per heavy atom. The van der Waals surface area contributed by atoms with Gasteiger partial charge < -0.3 is 4.74 Å². The van der Waals surface area contributed by atoms with Gasteiger partial charge in [0, 0.05) is 23.6 Å². The highest BCUT2D eigenvalue weighted by molar-refractivity contribution is 9.10. The third-order valence-electron chi connectivity index (χ3n) is 4.16. The first kappa shape index (κ1) is 12.6. The van der Waals surface area contributed by atoms with Crippen LogP contribution in [-0.4, -0.2) is 30.6 Å². The third-order valence-corrected chi connectivity index (χ3v) is 4.65. The molecule has 1 saturated heterocycles. The van der Waals surface area contributed by atoms with Crippen molar-refractivity contribution in [2.75, 3.05) is 19.7 Å². The highest BCUT2D eigenvalue weighted by atomic mass is 79.9. The second kappa shape index (κ2) is 5.72. The predicted octanol–water partition coefficient (Wildman–Crippen LogP) is 3.77. The maximum atomic E-state index is 5.95. The van der Waals surface area contributed by atoms with E-state index >= 15 is 0 Å². The standard InChI is InChI=1S/C15H20BrNO/c16-13-5-3-4-12(10-13)15-11-17(8-9-18-15)14-6-1-2-7-14/h3-5,10,14-15H,1-2,6-9,11H2. The van der Waals surface area contributed by atoms with E-state index in [1.165, 1.54) is 31.2 Å². The summed E-state index contributed by atoms with van der Waals surface area (Å²) in [6, 6.07) is 9.33. The van der Waals surface area contributed by atoms with E-state index in [0.29, 0.717) is 0 Å². The molecule has 1 atom stereocenters. The number of halogens is 1. The smallest absolute Gasteiger partial charge is 0.0952 e. The molecule has 1 aromatic carbocycles. The van der Waals surface area contributed by atoms with Crippen LogP contribution in [0, 0.1) is 0 Å². The molecule has 1 aliphatic carbocycles. The molecule has 0 aromatic heterocycles.